The van der Waals surface area contributed by atoms with Crippen LogP contribution in [-0.2, 0) is 20.9 Å². The van der Waals surface area contributed by atoms with Gasteiger partial charge >= 0.3 is 12.0 Å². The third-order valence-electron chi connectivity index (χ3n) is 9.83. The van der Waals surface area contributed by atoms with Gasteiger partial charge in [-0.25, -0.2) is 19.7 Å². The summed E-state index contributed by atoms with van der Waals surface area (Å²) in [5.41, 5.74) is 8.71. The Balaban J connectivity index is 1.11. The number of aromatic nitrogens is 6. The molecule has 4 N–H and O–H groups in total. The van der Waals surface area contributed by atoms with Crippen LogP contribution in [-0.4, -0.2) is 75.6 Å². The second-order valence-corrected chi connectivity index (χ2v) is 14.8. The van der Waals surface area contributed by atoms with E-state index in [0.29, 0.717) is 50.6 Å². The zero-order valence-corrected chi connectivity index (χ0v) is 29.2. The van der Waals surface area contributed by atoms with Gasteiger partial charge in [-0.15, -0.1) is 0 Å². The predicted molar refractivity (Wildman–Crippen MR) is 182 cm³/mol. The maximum absolute atomic E-state index is 14.0. The lowest BCUT2D eigenvalue weighted by Gasteiger charge is -2.27. The average Bonchev–Trinajstić information content (AvgIpc) is 3.96. The SMILES string of the molecule is CC(O)c1nn(CC(=O)N2C3C[C@]3(C)C[C@H]2C(=O)Nc2nc(Br)ccc2C2CC2)c2cnc(-c3cnc(OC(=O)[C@@H](N)C(C)C)nc3)cc12. The van der Waals surface area contributed by atoms with E-state index < -0.39 is 24.2 Å². The number of hydrogen-bond acceptors (Lipinski definition) is 11. The summed E-state index contributed by atoms with van der Waals surface area (Å²) in [6.07, 6.45) is 7.12. The summed E-state index contributed by atoms with van der Waals surface area (Å²) >= 11 is 3.42. The molecule has 4 aromatic heterocycles. The zero-order valence-electron chi connectivity index (χ0n) is 27.6. The first-order valence-electron chi connectivity index (χ1n) is 16.5. The van der Waals surface area contributed by atoms with E-state index in [-0.39, 0.29) is 41.7 Å². The van der Waals surface area contributed by atoms with E-state index in [2.05, 4.69) is 53.2 Å². The Kier molecular flexibility index (Phi) is 8.48. The number of ether oxygens (including phenoxy) is 1. The molecule has 2 saturated carbocycles. The highest BCUT2D eigenvalue weighted by molar-refractivity contribution is 9.10. The number of nitrogens with two attached hydrogens (primary N) is 1. The lowest BCUT2D eigenvalue weighted by atomic mass is 10.0. The Morgan fingerprint density at radius 1 is 1.12 bits per heavy atom. The summed E-state index contributed by atoms with van der Waals surface area (Å²) < 4.78 is 7.37. The van der Waals surface area contributed by atoms with Crippen molar-refractivity contribution in [1.82, 2.24) is 34.6 Å². The Labute approximate surface area is 291 Å². The fourth-order valence-electron chi connectivity index (χ4n) is 6.66. The number of fused-ring (bicyclic) bond motifs is 2. The zero-order chi connectivity index (χ0) is 34.8. The van der Waals surface area contributed by atoms with Crippen LogP contribution in [0.4, 0.5) is 5.82 Å². The number of nitrogens with zero attached hydrogens (tertiary/aromatic N) is 7. The molecule has 14 nitrogen and oxygen atoms in total. The van der Waals surface area contributed by atoms with Gasteiger partial charge in [-0.1, -0.05) is 26.8 Å². The predicted octanol–water partition coefficient (Wildman–Crippen LogP) is 3.88. The molecule has 3 aliphatic rings. The topological polar surface area (TPSA) is 191 Å². The van der Waals surface area contributed by atoms with Gasteiger partial charge in [-0.3, -0.25) is 19.3 Å². The summed E-state index contributed by atoms with van der Waals surface area (Å²) in [5.74, 6) is -0.287. The van der Waals surface area contributed by atoms with Crippen molar-refractivity contribution in [3.63, 3.8) is 0 Å². The number of aliphatic hydroxyl groups excluding tert-OH is 1. The van der Waals surface area contributed by atoms with E-state index in [9.17, 15) is 19.5 Å². The molecule has 0 spiro atoms. The summed E-state index contributed by atoms with van der Waals surface area (Å²) in [5, 5.41) is 18.9. The van der Waals surface area contributed by atoms with Crippen molar-refractivity contribution in [3.8, 4) is 17.3 Å². The minimum absolute atomic E-state index is 0.0414. The van der Waals surface area contributed by atoms with Gasteiger partial charge in [0.1, 0.15) is 29.0 Å². The molecule has 49 heavy (non-hydrogen) atoms. The van der Waals surface area contributed by atoms with Crippen molar-refractivity contribution in [2.75, 3.05) is 5.32 Å². The van der Waals surface area contributed by atoms with Crippen molar-refractivity contribution >= 4 is 50.4 Å². The molecule has 3 fully saturated rings. The van der Waals surface area contributed by atoms with E-state index in [4.69, 9.17) is 10.5 Å². The van der Waals surface area contributed by atoms with Gasteiger partial charge < -0.3 is 25.8 Å². The molecule has 7 rings (SSSR count). The summed E-state index contributed by atoms with van der Waals surface area (Å²) in [6.45, 7) is 7.21. The quantitative estimate of drug-likeness (QED) is 0.158. The highest BCUT2D eigenvalue weighted by atomic mass is 79.9. The van der Waals surface area contributed by atoms with E-state index in [1.807, 2.05) is 26.0 Å². The van der Waals surface area contributed by atoms with Gasteiger partial charge in [-0.05, 0) is 83.5 Å². The molecule has 5 heterocycles. The normalized spacial score (nSPS) is 22.6. The van der Waals surface area contributed by atoms with Crippen molar-refractivity contribution < 1.29 is 24.2 Å². The van der Waals surface area contributed by atoms with Crippen LogP contribution in [0.5, 0.6) is 6.01 Å². The molecular formula is C34H38BrN9O5. The van der Waals surface area contributed by atoms with Gasteiger partial charge in [0.15, 0.2) is 0 Å². The third kappa shape index (κ3) is 6.42. The Morgan fingerprint density at radius 2 is 1.86 bits per heavy atom. The Morgan fingerprint density at radius 3 is 2.53 bits per heavy atom. The molecular weight excluding hydrogens is 694 g/mol. The van der Waals surface area contributed by atoms with Gasteiger partial charge in [-0.2, -0.15) is 5.10 Å². The number of aliphatic hydroxyl groups is 1. The second-order valence-electron chi connectivity index (χ2n) is 14.0. The van der Waals surface area contributed by atoms with Gasteiger partial charge in [0.2, 0.25) is 11.8 Å². The summed E-state index contributed by atoms with van der Waals surface area (Å²) in [6, 6.07) is 4.01. The molecule has 0 radical (unpaired) electrons. The molecule has 256 valence electrons. The lowest BCUT2D eigenvalue weighted by molar-refractivity contribution is -0.138. The highest BCUT2D eigenvalue weighted by Gasteiger charge is 2.64. The number of halogens is 1. The molecule has 4 aromatic rings. The van der Waals surface area contributed by atoms with Crippen LogP contribution in [0.25, 0.3) is 22.2 Å². The smallest absolute Gasteiger partial charge is 0.330 e. The van der Waals surface area contributed by atoms with Crippen molar-refractivity contribution in [2.24, 2.45) is 17.1 Å². The number of piperidine rings is 1. The van der Waals surface area contributed by atoms with E-state index in [1.165, 1.54) is 17.1 Å². The maximum atomic E-state index is 14.0. The van der Waals surface area contributed by atoms with Gasteiger partial charge in [0.25, 0.3) is 0 Å². The number of hydrogen-bond donors (Lipinski definition) is 3. The molecule has 2 amide bonds. The number of pyridine rings is 2. The van der Waals surface area contributed by atoms with Gasteiger partial charge in [0.05, 0.1) is 29.2 Å². The highest BCUT2D eigenvalue weighted by Crippen LogP contribution is 2.59. The average molecular weight is 733 g/mol. The number of carbonyl (C=O) groups excluding carboxylic acids is 3. The third-order valence-corrected chi connectivity index (χ3v) is 10.3. The number of rotatable bonds is 10. The van der Waals surface area contributed by atoms with E-state index in [0.717, 1.165) is 24.8 Å². The van der Waals surface area contributed by atoms with Crippen molar-refractivity contribution in [2.45, 2.75) is 90.1 Å². The number of anilines is 1. The monoisotopic (exact) mass is 731 g/mol. The molecule has 15 heteroatoms. The van der Waals surface area contributed by atoms with Crippen LogP contribution in [0.3, 0.4) is 0 Å². The van der Waals surface area contributed by atoms with E-state index in [1.54, 1.807) is 24.1 Å². The number of carbonyl (C=O) groups is 3. The molecule has 2 unspecified atom stereocenters. The van der Waals surface area contributed by atoms with Crippen LogP contribution >= 0.6 is 15.9 Å². The maximum Gasteiger partial charge on any atom is 0.330 e. The molecule has 0 aromatic carbocycles. The fraction of sp³-hybridized carbons (Fsp3) is 0.471. The number of likely N-dealkylation sites (tertiary alicyclic amines) is 1. The molecule has 2 aliphatic carbocycles. The second kappa shape index (κ2) is 12.5. The van der Waals surface area contributed by atoms with Crippen LogP contribution in [0.2, 0.25) is 0 Å². The largest absolute Gasteiger partial charge is 0.390 e. The van der Waals surface area contributed by atoms with Crippen LogP contribution in [0.1, 0.15) is 76.7 Å². The Bertz CT molecular complexity index is 1960. The first kappa shape index (κ1) is 33.2. The summed E-state index contributed by atoms with van der Waals surface area (Å²) in [7, 11) is 0. The molecule has 1 aliphatic heterocycles. The molecule has 1 saturated heterocycles. The van der Waals surface area contributed by atoms with Crippen LogP contribution < -0.4 is 15.8 Å². The van der Waals surface area contributed by atoms with Crippen LogP contribution in [0, 0.1) is 11.3 Å². The van der Waals surface area contributed by atoms with E-state index >= 15 is 0 Å². The van der Waals surface area contributed by atoms with Crippen molar-refractivity contribution in [1.29, 1.82) is 0 Å². The van der Waals surface area contributed by atoms with Crippen LogP contribution in [0.15, 0.2) is 41.4 Å². The first-order valence-corrected chi connectivity index (χ1v) is 17.2. The summed E-state index contributed by atoms with van der Waals surface area (Å²) in [4.78, 5) is 59.1. The number of esters is 1. The lowest BCUT2D eigenvalue weighted by Crippen LogP contribution is -2.47. The standard InChI is InChI=1S/C34H38BrN9O5/c1-16(2)28(36)32(48)49-33-38-12-19(13-39-33)22-9-21-24(14-37-22)43(42-29(21)17(3)45)15-27(46)44-23(10-34(4)11-25(34)44)31(47)41-30-20(18-5-6-18)7-8-26(35)40-30/h7-9,12-14,16-18,23,25,28,45H,5-6,10-11,15,36H2,1-4H3,(H,40,41,47)/t17?,23-,25?,28-,34-/m0/s1. The minimum atomic E-state index is -0.937. The first-order chi connectivity index (χ1) is 23.3. The number of amides is 2. The Hall–Kier alpha value is -4.34. The fourth-order valence-corrected chi connectivity index (χ4v) is 6.96. The van der Waals surface area contributed by atoms with Gasteiger partial charge in [0, 0.05) is 29.4 Å². The number of nitrogens with one attached hydrogen (secondary N) is 1. The van der Waals surface area contributed by atoms with Crippen molar-refractivity contribution in [3.05, 3.63) is 52.7 Å². The molecule has 0 bridgehead atoms. The molecule has 5 atom stereocenters. The minimum Gasteiger partial charge on any atom is -0.390 e.